The van der Waals surface area contributed by atoms with Crippen LogP contribution in [0.1, 0.15) is 38.7 Å². The summed E-state index contributed by atoms with van der Waals surface area (Å²) in [6, 6.07) is 9.06. The van der Waals surface area contributed by atoms with Crippen LogP contribution in [0.5, 0.6) is 5.75 Å². The predicted octanol–water partition coefficient (Wildman–Crippen LogP) is 3.65. The number of aryl methyl sites for hydroxylation is 1. The van der Waals surface area contributed by atoms with Crippen molar-refractivity contribution in [3.8, 4) is 5.75 Å². The summed E-state index contributed by atoms with van der Waals surface area (Å²) < 4.78 is 5.16. The molecule has 1 N–H and O–H groups in total. The molecule has 1 unspecified atom stereocenters. The average Bonchev–Trinajstić information content (AvgIpc) is 2.39. The molecule has 0 bridgehead atoms. The molecule has 2 heteroatoms. The second kappa shape index (κ2) is 8.15. The first kappa shape index (κ1) is 15.0. The molecule has 0 spiro atoms. The van der Waals surface area contributed by atoms with Crippen LogP contribution in [0, 0.1) is 5.92 Å². The zero-order valence-corrected chi connectivity index (χ0v) is 12.2. The Kier molecular flexibility index (Phi) is 6.81. The number of unbranched alkanes of at least 4 members (excludes halogenated alkanes) is 1. The van der Waals surface area contributed by atoms with Gasteiger partial charge >= 0.3 is 0 Å². The molecule has 0 heterocycles. The van der Waals surface area contributed by atoms with Gasteiger partial charge in [0, 0.05) is 6.04 Å². The van der Waals surface area contributed by atoms with E-state index in [0.29, 0.717) is 6.04 Å². The van der Waals surface area contributed by atoms with Crippen LogP contribution in [0.3, 0.4) is 0 Å². The van der Waals surface area contributed by atoms with E-state index in [1.165, 1.54) is 31.2 Å². The second-order valence-corrected chi connectivity index (χ2v) is 5.23. The van der Waals surface area contributed by atoms with E-state index in [9.17, 15) is 0 Å². The number of benzene rings is 1. The number of nitrogens with one attached hydrogen (secondary N) is 1. The van der Waals surface area contributed by atoms with Gasteiger partial charge in [0.05, 0.1) is 7.11 Å². The molecule has 0 aromatic heterocycles. The third-order valence-corrected chi connectivity index (χ3v) is 3.57. The average molecular weight is 249 g/mol. The fourth-order valence-electron chi connectivity index (χ4n) is 2.30. The molecule has 0 fully saturated rings. The van der Waals surface area contributed by atoms with E-state index in [1.54, 1.807) is 7.11 Å². The molecule has 0 aliphatic carbocycles. The van der Waals surface area contributed by atoms with Gasteiger partial charge in [0.25, 0.3) is 0 Å². The van der Waals surface area contributed by atoms with Crippen LogP contribution in [-0.2, 0) is 6.42 Å². The summed E-state index contributed by atoms with van der Waals surface area (Å²) in [6.07, 6.45) is 4.98. The van der Waals surface area contributed by atoms with Crippen molar-refractivity contribution in [3.05, 3.63) is 29.8 Å². The molecule has 0 amide bonds. The lowest BCUT2D eigenvalue weighted by molar-refractivity contribution is 0.389. The molecule has 0 saturated heterocycles. The second-order valence-electron chi connectivity index (χ2n) is 5.23. The molecule has 18 heavy (non-hydrogen) atoms. The lowest BCUT2D eigenvalue weighted by Crippen LogP contribution is -2.30. The number of rotatable bonds is 8. The van der Waals surface area contributed by atoms with E-state index in [-0.39, 0.29) is 0 Å². The van der Waals surface area contributed by atoms with Gasteiger partial charge in [-0.3, -0.25) is 0 Å². The molecule has 1 rings (SSSR count). The van der Waals surface area contributed by atoms with Gasteiger partial charge in [0.15, 0.2) is 0 Å². The molecule has 0 aliphatic heterocycles. The van der Waals surface area contributed by atoms with E-state index in [2.05, 4.69) is 38.3 Å². The highest BCUT2D eigenvalue weighted by atomic mass is 16.5. The first-order chi connectivity index (χ1) is 8.67. The molecule has 0 saturated carbocycles. The van der Waals surface area contributed by atoms with Gasteiger partial charge in [0.1, 0.15) is 5.75 Å². The lowest BCUT2D eigenvalue weighted by Gasteiger charge is -2.19. The van der Waals surface area contributed by atoms with Crippen LogP contribution in [0.2, 0.25) is 0 Å². The highest BCUT2D eigenvalue weighted by Crippen LogP contribution is 2.15. The van der Waals surface area contributed by atoms with Gasteiger partial charge in [-0.1, -0.05) is 32.4 Å². The van der Waals surface area contributed by atoms with E-state index in [4.69, 9.17) is 4.74 Å². The Bertz CT molecular complexity index is 318. The minimum atomic E-state index is 0.654. The summed E-state index contributed by atoms with van der Waals surface area (Å²) in [4.78, 5) is 0. The van der Waals surface area contributed by atoms with Crippen molar-refractivity contribution in [3.63, 3.8) is 0 Å². The van der Waals surface area contributed by atoms with E-state index in [1.807, 2.05) is 12.1 Å². The highest BCUT2D eigenvalue weighted by Gasteiger charge is 2.09. The Morgan fingerprint density at radius 2 is 1.78 bits per heavy atom. The smallest absolute Gasteiger partial charge is 0.118 e. The summed E-state index contributed by atoms with van der Waals surface area (Å²) in [5, 5.41) is 3.40. The third kappa shape index (κ3) is 5.09. The fraction of sp³-hybridized carbons (Fsp3) is 0.625. The van der Waals surface area contributed by atoms with E-state index < -0.39 is 0 Å². The number of methoxy groups -OCH3 is 1. The Hall–Kier alpha value is -1.02. The standard InChI is InChI=1S/C16H27NO/c1-13(2)16(17-3)8-6-5-7-14-9-11-15(18-4)12-10-14/h9-13,16-17H,5-8H2,1-4H3. The summed E-state index contributed by atoms with van der Waals surface area (Å²) in [6.45, 7) is 4.56. The van der Waals surface area contributed by atoms with Gasteiger partial charge in [-0.25, -0.2) is 0 Å². The summed E-state index contributed by atoms with van der Waals surface area (Å²) in [7, 11) is 3.77. The lowest BCUT2D eigenvalue weighted by atomic mass is 9.97. The molecule has 1 aromatic carbocycles. The van der Waals surface area contributed by atoms with Crippen molar-refractivity contribution in [2.75, 3.05) is 14.2 Å². The molecule has 0 radical (unpaired) electrons. The number of ether oxygens (including phenoxy) is 1. The minimum Gasteiger partial charge on any atom is -0.497 e. The Morgan fingerprint density at radius 3 is 2.28 bits per heavy atom. The van der Waals surface area contributed by atoms with Crippen LogP contribution in [0.25, 0.3) is 0 Å². The SMILES string of the molecule is CNC(CCCCc1ccc(OC)cc1)C(C)C. The van der Waals surface area contributed by atoms with Crippen molar-refractivity contribution in [2.45, 2.75) is 45.6 Å². The molecule has 1 aromatic rings. The molecular weight excluding hydrogens is 222 g/mol. The van der Waals surface area contributed by atoms with E-state index in [0.717, 1.165) is 11.7 Å². The van der Waals surface area contributed by atoms with Crippen molar-refractivity contribution >= 4 is 0 Å². The van der Waals surface area contributed by atoms with Gasteiger partial charge in [-0.15, -0.1) is 0 Å². The van der Waals surface area contributed by atoms with Gasteiger partial charge in [-0.05, 0) is 49.9 Å². The quantitative estimate of drug-likeness (QED) is 0.710. The first-order valence-electron chi connectivity index (χ1n) is 6.97. The first-order valence-corrected chi connectivity index (χ1v) is 6.97. The van der Waals surface area contributed by atoms with Gasteiger partial charge < -0.3 is 10.1 Å². The molecule has 1 atom stereocenters. The third-order valence-electron chi connectivity index (χ3n) is 3.57. The topological polar surface area (TPSA) is 21.3 Å². The molecule has 102 valence electrons. The number of hydrogen-bond donors (Lipinski definition) is 1. The number of hydrogen-bond acceptors (Lipinski definition) is 2. The zero-order chi connectivity index (χ0) is 13.4. The zero-order valence-electron chi connectivity index (χ0n) is 12.2. The molecule has 0 aliphatic rings. The summed E-state index contributed by atoms with van der Waals surface area (Å²) in [5.74, 6) is 1.66. The largest absolute Gasteiger partial charge is 0.497 e. The Balaban J connectivity index is 2.24. The summed E-state index contributed by atoms with van der Waals surface area (Å²) >= 11 is 0. The maximum Gasteiger partial charge on any atom is 0.118 e. The molecular formula is C16H27NO. The van der Waals surface area contributed by atoms with Crippen LogP contribution >= 0.6 is 0 Å². The predicted molar refractivity (Wildman–Crippen MR) is 78.2 cm³/mol. The monoisotopic (exact) mass is 249 g/mol. The highest BCUT2D eigenvalue weighted by molar-refractivity contribution is 5.27. The Labute approximate surface area is 112 Å². The van der Waals surface area contributed by atoms with Crippen LogP contribution in [0.15, 0.2) is 24.3 Å². The fourth-order valence-corrected chi connectivity index (χ4v) is 2.30. The maximum atomic E-state index is 5.16. The van der Waals surface area contributed by atoms with Crippen molar-refractivity contribution < 1.29 is 4.74 Å². The van der Waals surface area contributed by atoms with Gasteiger partial charge in [-0.2, -0.15) is 0 Å². The van der Waals surface area contributed by atoms with Crippen LogP contribution < -0.4 is 10.1 Å². The Morgan fingerprint density at radius 1 is 1.11 bits per heavy atom. The van der Waals surface area contributed by atoms with Crippen molar-refractivity contribution in [1.29, 1.82) is 0 Å². The van der Waals surface area contributed by atoms with Crippen molar-refractivity contribution in [1.82, 2.24) is 5.32 Å². The van der Waals surface area contributed by atoms with Crippen LogP contribution in [-0.4, -0.2) is 20.2 Å². The molecule has 2 nitrogen and oxygen atoms in total. The van der Waals surface area contributed by atoms with E-state index >= 15 is 0 Å². The van der Waals surface area contributed by atoms with Crippen molar-refractivity contribution in [2.24, 2.45) is 5.92 Å². The summed E-state index contributed by atoms with van der Waals surface area (Å²) in [5.41, 5.74) is 1.40. The van der Waals surface area contributed by atoms with Gasteiger partial charge in [0.2, 0.25) is 0 Å². The minimum absolute atomic E-state index is 0.654. The van der Waals surface area contributed by atoms with Crippen LogP contribution in [0.4, 0.5) is 0 Å². The maximum absolute atomic E-state index is 5.16. The normalized spacial score (nSPS) is 12.7.